The zero-order valence-electron chi connectivity index (χ0n) is 9.83. The van der Waals surface area contributed by atoms with Gasteiger partial charge >= 0.3 is 0 Å². The molecule has 1 N–H and O–H groups in total. The highest BCUT2D eigenvalue weighted by Gasteiger charge is 2.15. The van der Waals surface area contributed by atoms with Crippen LogP contribution in [-0.4, -0.2) is 21.7 Å². The van der Waals surface area contributed by atoms with E-state index in [1.807, 2.05) is 6.92 Å². The van der Waals surface area contributed by atoms with Crippen molar-refractivity contribution in [3.63, 3.8) is 0 Å². The Kier molecular flexibility index (Phi) is 3.47. The van der Waals surface area contributed by atoms with Crippen LogP contribution in [0, 0.1) is 10.1 Å². The number of nitro groups is 1. The molecule has 0 atom stereocenters. The molecule has 0 spiro atoms. The maximum Gasteiger partial charge on any atom is 0.278 e. The topological polar surface area (TPSA) is 81.0 Å². The highest BCUT2D eigenvalue weighted by molar-refractivity contribution is 5.70. The van der Waals surface area contributed by atoms with Crippen LogP contribution in [0.15, 0.2) is 36.4 Å². The molecular formula is C12H12N4O2. The largest absolute Gasteiger partial charge is 0.369 e. The minimum absolute atomic E-state index is 0.0306. The monoisotopic (exact) mass is 244 g/mol. The zero-order chi connectivity index (χ0) is 13.0. The highest BCUT2D eigenvalue weighted by atomic mass is 16.6. The van der Waals surface area contributed by atoms with Gasteiger partial charge in [0.25, 0.3) is 5.69 Å². The van der Waals surface area contributed by atoms with Crippen molar-refractivity contribution in [1.82, 2.24) is 10.2 Å². The van der Waals surface area contributed by atoms with E-state index < -0.39 is 4.92 Å². The summed E-state index contributed by atoms with van der Waals surface area (Å²) in [5, 5.41) is 21.9. The van der Waals surface area contributed by atoms with Crippen LogP contribution in [0.4, 0.5) is 11.5 Å². The van der Waals surface area contributed by atoms with Gasteiger partial charge in [-0.25, -0.2) is 0 Å². The molecule has 92 valence electrons. The predicted molar refractivity (Wildman–Crippen MR) is 68.3 cm³/mol. The molecule has 0 bridgehead atoms. The van der Waals surface area contributed by atoms with Gasteiger partial charge in [0.2, 0.25) is 0 Å². The molecule has 0 unspecified atom stereocenters. The number of para-hydroxylation sites is 1. The maximum absolute atomic E-state index is 10.9. The number of anilines is 1. The molecule has 0 amide bonds. The average molecular weight is 244 g/mol. The summed E-state index contributed by atoms with van der Waals surface area (Å²) < 4.78 is 0. The number of aromatic nitrogens is 2. The third-order valence-electron chi connectivity index (χ3n) is 2.40. The van der Waals surface area contributed by atoms with Crippen LogP contribution >= 0.6 is 0 Å². The van der Waals surface area contributed by atoms with E-state index in [0.29, 0.717) is 17.1 Å². The summed E-state index contributed by atoms with van der Waals surface area (Å²) in [6, 6.07) is 9.95. The Morgan fingerprint density at radius 3 is 2.61 bits per heavy atom. The number of hydrogen-bond donors (Lipinski definition) is 1. The quantitative estimate of drug-likeness (QED) is 0.660. The normalized spacial score (nSPS) is 10.1. The Morgan fingerprint density at radius 1 is 1.22 bits per heavy atom. The van der Waals surface area contributed by atoms with Crippen molar-refractivity contribution in [2.45, 2.75) is 6.92 Å². The molecule has 6 heteroatoms. The molecule has 2 rings (SSSR count). The fourth-order valence-electron chi connectivity index (χ4n) is 1.60. The summed E-state index contributed by atoms with van der Waals surface area (Å²) in [5.41, 5.74) is 0.991. The van der Waals surface area contributed by atoms with Crippen molar-refractivity contribution in [2.75, 3.05) is 11.9 Å². The van der Waals surface area contributed by atoms with E-state index in [2.05, 4.69) is 15.5 Å². The third-order valence-corrected chi connectivity index (χ3v) is 2.40. The van der Waals surface area contributed by atoms with E-state index in [1.54, 1.807) is 30.3 Å². The second-order valence-electron chi connectivity index (χ2n) is 3.61. The first kappa shape index (κ1) is 12.0. The van der Waals surface area contributed by atoms with Gasteiger partial charge in [-0.1, -0.05) is 12.1 Å². The van der Waals surface area contributed by atoms with Crippen LogP contribution in [-0.2, 0) is 0 Å². The summed E-state index contributed by atoms with van der Waals surface area (Å²) >= 11 is 0. The Hall–Kier alpha value is -2.50. The van der Waals surface area contributed by atoms with Gasteiger partial charge in [0.15, 0.2) is 0 Å². The summed E-state index contributed by atoms with van der Waals surface area (Å²) in [6.07, 6.45) is 0. The van der Waals surface area contributed by atoms with Crippen molar-refractivity contribution in [2.24, 2.45) is 0 Å². The van der Waals surface area contributed by atoms with Crippen molar-refractivity contribution in [3.8, 4) is 11.3 Å². The molecule has 0 aliphatic rings. The van der Waals surface area contributed by atoms with E-state index in [9.17, 15) is 10.1 Å². The third kappa shape index (κ3) is 2.42. The highest BCUT2D eigenvalue weighted by Crippen LogP contribution is 2.27. The van der Waals surface area contributed by atoms with Crippen molar-refractivity contribution < 1.29 is 4.92 Å². The van der Waals surface area contributed by atoms with Crippen molar-refractivity contribution in [1.29, 1.82) is 0 Å². The van der Waals surface area contributed by atoms with Gasteiger partial charge in [-0.05, 0) is 25.1 Å². The number of nitrogens with one attached hydrogen (secondary N) is 1. The molecule has 0 radical (unpaired) electrons. The summed E-state index contributed by atoms with van der Waals surface area (Å²) in [4.78, 5) is 10.5. The van der Waals surface area contributed by atoms with Crippen LogP contribution in [0.2, 0.25) is 0 Å². The number of benzene rings is 1. The summed E-state index contributed by atoms with van der Waals surface area (Å²) in [5.74, 6) is 0.653. The standard InChI is InChI=1S/C12H12N4O2/c1-2-13-12-8-7-10(14-15-12)9-5-3-4-6-11(9)16(17)18/h3-8H,2H2,1H3,(H,13,15). The van der Waals surface area contributed by atoms with Crippen molar-refractivity contribution in [3.05, 3.63) is 46.5 Å². The van der Waals surface area contributed by atoms with Gasteiger partial charge < -0.3 is 5.32 Å². The minimum atomic E-state index is -0.421. The van der Waals surface area contributed by atoms with E-state index in [-0.39, 0.29) is 5.69 Å². The molecule has 1 heterocycles. The molecule has 0 saturated carbocycles. The lowest BCUT2D eigenvalue weighted by Gasteiger charge is -2.03. The van der Waals surface area contributed by atoms with Crippen LogP contribution < -0.4 is 5.32 Å². The van der Waals surface area contributed by atoms with Gasteiger partial charge in [-0.3, -0.25) is 10.1 Å². The second-order valence-corrected chi connectivity index (χ2v) is 3.61. The lowest BCUT2D eigenvalue weighted by molar-refractivity contribution is -0.384. The summed E-state index contributed by atoms with van der Waals surface area (Å²) in [6.45, 7) is 2.71. The first-order valence-electron chi connectivity index (χ1n) is 5.53. The van der Waals surface area contributed by atoms with Gasteiger partial charge in [-0.2, -0.15) is 0 Å². The van der Waals surface area contributed by atoms with Gasteiger partial charge in [0.1, 0.15) is 5.82 Å². The Bertz CT molecular complexity index is 554. The Labute approximate surface area is 104 Å². The maximum atomic E-state index is 10.9. The summed E-state index contributed by atoms with van der Waals surface area (Å²) in [7, 11) is 0. The van der Waals surface area contributed by atoms with E-state index in [0.717, 1.165) is 6.54 Å². The van der Waals surface area contributed by atoms with E-state index in [1.165, 1.54) is 6.07 Å². The molecule has 0 fully saturated rings. The van der Waals surface area contributed by atoms with Crippen LogP contribution in [0.25, 0.3) is 11.3 Å². The lowest BCUT2D eigenvalue weighted by Crippen LogP contribution is -2.01. The predicted octanol–water partition coefficient (Wildman–Crippen LogP) is 2.48. The Balaban J connectivity index is 2.39. The average Bonchev–Trinajstić information content (AvgIpc) is 2.40. The van der Waals surface area contributed by atoms with Gasteiger partial charge in [-0.15, -0.1) is 10.2 Å². The van der Waals surface area contributed by atoms with E-state index in [4.69, 9.17) is 0 Å². The molecule has 2 aromatic rings. The number of hydrogen-bond acceptors (Lipinski definition) is 5. The molecule has 0 aliphatic carbocycles. The number of rotatable bonds is 4. The molecule has 1 aromatic heterocycles. The number of nitro benzene ring substituents is 1. The van der Waals surface area contributed by atoms with Crippen LogP contribution in [0.1, 0.15) is 6.92 Å². The molecule has 0 saturated heterocycles. The fourth-order valence-corrected chi connectivity index (χ4v) is 1.60. The zero-order valence-corrected chi connectivity index (χ0v) is 9.83. The first-order valence-corrected chi connectivity index (χ1v) is 5.53. The van der Waals surface area contributed by atoms with Crippen LogP contribution in [0.5, 0.6) is 0 Å². The molecule has 18 heavy (non-hydrogen) atoms. The van der Waals surface area contributed by atoms with Crippen LogP contribution in [0.3, 0.4) is 0 Å². The smallest absolute Gasteiger partial charge is 0.278 e. The fraction of sp³-hybridized carbons (Fsp3) is 0.167. The molecule has 0 aliphatic heterocycles. The van der Waals surface area contributed by atoms with Crippen molar-refractivity contribution >= 4 is 11.5 Å². The minimum Gasteiger partial charge on any atom is -0.369 e. The lowest BCUT2D eigenvalue weighted by atomic mass is 10.1. The Morgan fingerprint density at radius 2 is 2.00 bits per heavy atom. The molecular weight excluding hydrogens is 232 g/mol. The van der Waals surface area contributed by atoms with E-state index >= 15 is 0 Å². The molecule has 1 aromatic carbocycles. The van der Waals surface area contributed by atoms with Gasteiger partial charge in [0.05, 0.1) is 16.2 Å². The number of nitrogens with zero attached hydrogens (tertiary/aromatic N) is 3. The van der Waals surface area contributed by atoms with Gasteiger partial charge in [0, 0.05) is 12.6 Å². The first-order chi connectivity index (χ1) is 8.72. The SMILES string of the molecule is CCNc1ccc(-c2ccccc2[N+](=O)[O-])nn1. The molecule has 6 nitrogen and oxygen atoms in total. The second kappa shape index (κ2) is 5.22.